The summed E-state index contributed by atoms with van der Waals surface area (Å²) in [5.74, 6) is 2.78. The normalized spacial score (nSPS) is 12.7. The average Bonchev–Trinajstić information content (AvgIpc) is 3.31. The van der Waals surface area contributed by atoms with Crippen LogP contribution in [0.3, 0.4) is 0 Å². The van der Waals surface area contributed by atoms with Gasteiger partial charge in [-0.25, -0.2) is 9.97 Å². The van der Waals surface area contributed by atoms with Gasteiger partial charge in [0, 0.05) is 37.5 Å². The van der Waals surface area contributed by atoms with Gasteiger partial charge in [-0.3, -0.25) is 14.3 Å². The molecule has 0 bridgehead atoms. The highest BCUT2D eigenvalue weighted by Crippen LogP contribution is 2.38. The van der Waals surface area contributed by atoms with Crippen molar-refractivity contribution in [2.75, 3.05) is 26.1 Å². The molecule has 0 amide bonds. The van der Waals surface area contributed by atoms with Crippen molar-refractivity contribution in [3.05, 3.63) is 65.5 Å². The van der Waals surface area contributed by atoms with Gasteiger partial charge in [0.25, 0.3) is 0 Å². The molecule has 188 valence electrons. The third-order valence-corrected chi connectivity index (χ3v) is 6.45. The lowest BCUT2D eigenvalue weighted by atomic mass is 10.2. The molecular formula is C24H26ClN7O3S. The van der Waals surface area contributed by atoms with Gasteiger partial charge < -0.3 is 14.2 Å². The van der Waals surface area contributed by atoms with Crippen LogP contribution >= 0.6 is 23.5 Å². The van der Waals surface area contributed by atoms with E-state index in [4.69, 9.17) is 25.8 Å². The molecule has 3 heterocycles. The maximum atomic E-state index is 5.94. The van der Waals surface area contributed by atoms with Gasteiger partial charge >= 0.3 is 0 Å². The Kier molecular flexibility index (Phi) is 8.24. The zero-order chi connectivity index (χ0) is 25.7. The first-order valence-electron chi connectivity index (χ1n) is 11.0. The summed E-state index contributed by atoms with van der Waals surface area (Å²) >= 11 is 7.34. The molecule has 0 fully saturated rings. The number of benzene rings is 1. The van der Waals surface area contributed by atoms with E-state index in [0.717, 1.165) is 11.1 Å². The number of halogens is 1. The molecule has 4 aromatic rings. The Balaban J connectivity index is 1.73. The van der Waals surface area contributed by atoms with Crippen molar-refractivity contribution in [3.63, 3.8) is 0 Å². The highest BCUT2D eigenvalue weighted by Gasteiger charge is 2.26. The van der Waals surface area contributed by atoms with Crippen molar-refractivity contribution in [3.8, 4) is 28.6 Å². The molecule has 36 heavy (non-hydrogen) atoms. The molecule has 0 radical (unpaired) electrons. The second-order valence-corrected chi connectivity index (χ2v) is 9.41. The first-order valence-corrected chi connectivity index (χ1v) is 12.2. The van der Waals surface area contributed by atoms with Gasteiger partial charge in [-0.2, -0.15) is 0 Å². The minimum Gasteiger partial charge on any atom is -0.494 e. The third kappa shape index (κ3) is 5.38. The Labute approximate surface area is 218 Å². The number of aryl methyl sites for hydroxylation is 1. The Bertz CT molecular complexity index is 1300. The van der Waals surface area contributed by atoms with Crippen LogP contribution in [0.4, 0.5) is 5.95 Å². The van der Waals surface area contributed by atoms with E-state index >= 15 is 0 Å². The number of methoxy groups -OCH3 is 3. The predicted octanol–water partition coefficient (Wildman–Crippen LogP) is 4.93. The zero-order valence-electron chi connectivity index (χ0n) is 20.5. The summed E-state index contributed by atoms with van der Waals surface area (Å²) in [7, 11) is 4.83. The van der Waals surface area contributed by atoms with E-state index in [1.165, 1.54) is 11.9 Å². The van der Waals surface area contributed by atoms with Gasteiger partial charge in [-0.05, 0) is 49.6 Å². The molecule has 0 saturated heterocycles. The van der Waals surface area contributed by atoms with Gasteiger partial charge in [0.15, 0.2) is 11.6 Å². The van der Waals surface area contributed by atoms with Crippen LogP contribution in [-0.4, -0.2) is 56.3 Å². The number of rotatable bonds is 10. The fourth-order valence-corrected chi connectivity index (χ4v) is 4.54. The van der Waals surface area contributed by atoms with Gasteiger partial charge in [-0.1, -0.05) is 17.7 Å². The highest BCUT2D eigenvalue weighted by molar-refractivity contribution is 8.01. The van der Waals surface area contributed by atoms with E-state index in [0.29, 0.717) is 39.8 Å². The van der Waals surface area contributed by atoms with Crippen LogP contribution in [0.25, 0.3) is 17.1 Å². The lowest BCUT2D eigenvalue weighted by Gasteiger charge is -2.22. The van der Waals surface area contributed by atoms with Crippen molar-refractivity contribution in [2.45, 2.75) is 25.2 Å². The molecule has 0 saturated carbocycles. The molecule has 0 spiro atoms. The van der Waals surface area contributed by atoms with E-state index in [1.807, 2.05) is 42.7 Å². The smallest absolute Gasteiger partial charge is 0.239 e. The van der Waals surface area contributed by atoms with E-state index in [9.17, 15) is 0 Å². The SMILES string of the molecule is COc1cccc(OC)c1-n1c(NSC(C)C(OC)c2ncc(Cl)cn2)nnc1-c1cncc(C)c1. The highest BCUT2D eigenvalue weighted by atomic mass is 35.5. The Morgan fingerprint density at radius 2 is 1.69 bits per heavy atom. The molecular weight excluding hydrogens is 502 g/mol. The molecule has 2 unspecified atom stereocenters. The van der Waals surface area contributed by atoms with Crippen molar-refractivity contribution in [1.29, 1.82) is 0 Å². The molecule has 12 heteroatoms. The van der Waals surface area contributed by atoms with Gasteiger partial charge in [0.2, 0.25) is 5.95 Å². The third-order valence-electron chi connectivity index (χ3n) is 5.33. The number of ether oxygens (including phenoxy) is 3. The van der Waals surface area contributed by atoms with E-state index < -0.39 is 6.10 Å². The topological polar surface area (TPSA) is 109 Å². The van der Waals surface area contributed by atoms with E-state index in [-0.39, 0.29) is 5.25 Å². The fraction of sp³-hybridized carbons (Fsp3) is 0.292. The van der Waals surface area contributed by atoms with Crippen LogP contribution in [0.1, 0.15) is 24.4 Å². The number of para-hydroxylation sites is 1. The zero-order valence-corrected chi connectivity index (χ0v) is 22.0. The number of anilines is 1. The summed E-state index contributed by atoms with van der Waals surface area (Å²) in [4.78, 5) is 12.9. The Morgan fingerprint density at radius 1 is 1.00 bits per heavy atom. The Morgan fingerprint density at radius 3 is 2.31 bits per heavy atom. The maximum absolute atomic E-state index is 5.94. The predicted molar refractivity (Wildman–Crippen MR) is 140 cm³/mol. The molecule has 0 aliphatic carbocycles. The summed E-state index contributed by atoms with van der Waals surface area (Å²) in [6.45, 7) is 3.97. The average molecular weight is 528 g/mol. The number of hydrogen-bond donors (Lipinski definition) is 1. The molecule has 1 N–H and O–H groups in total. The minimum absolute atomic E-state index is 0.107. The van der Waals surface area contributed by atoms with Crippen LogP contribution in [0.5, 0.6) is 11.5 Å². The monoisotopic (exact) mass is 527 g/mol. The van der Waals surface area contributed by atoms with Crippen LogP contribution in [0, 0.1) is 6.92 Å². The standard InChI is InChI=1S/C24H26ClN7O3S/c1-14-9-16(11-26-10-14)23-29-30-24(32(23)20-18(33-3)7-6-8-19(20)34-4)31-36-15(2)21(35-5)22-27-12-17(25)13-28-22/h6-13,15,21H,1-5H3,(H,30,31). The summed E-state index contributed by atoms with van der Waals surface area (Å²) in [6, 6.07) is 7.56. The van der Waals surface area contributed by atoms with Crippen LogP contribution in [-0.2, 0) is 4.74 Å². The summed E-state index contributed by atoms with van der Waals surface area (Å²) in [5.41, 5.74) is 2.45. The molecule has 3 aromatic heterocycles. The number of hydrogen-bond acceptors (Lipinski definition) is 10. The van der Waals surface area contributed by atoms with Crippen molar-refractivity contribution < 1.29 is 14.2 Å². The van der Waals surface area contributed by atoms with E-state index in [2.05, 4.69) is 29.9 Å². The van der Waals surface area contributed by atoms with E-state index in [1.54, 1.807) is 46.1 Å². The molecule has 0 aliphatic heterocycles. The van der Waals surface area contributed by atoms with Crippen LogP contribution < -0.4 is 14.2 Å². The van der Waals surface area contributed by atoms with Gasteiger partial charge in [0.1, 0.15) is 23.3 Å². The number of aromatic nitrogens is 6. The first-order chi connectivity index (χ1) is 17.5. The lowest BCUT2D eigenvalue weighted by molar-refractivity contribution is 0.0972. The second kappa shape index (κ2) is 11.5. The first kappa shape index (κ1) is 25.7. The summed E-state index contributed by atoms with van der Waals surface area (Å²) < 4.78 is 22.2. The molecule has 4 rings (SSSR count). The summed E-state index contributed by atoms with van der Waals surface area (Å²) in [6.07, 6.45) is 6.24. The second-order valence-electron chi connectivity index (χ2n) is 7.79. The quantitative estimate of drug-likeness (QED) is 0.285. The van der Waals surface area contributed by atoms with Crippen molar-refractivity contribution in [2.24, 2.45) is 0 Å². The largest absolute Gasteiger partial charge is 0.494 e. The van der Waals surface area contributed by atoms with Crippen molar-refractivity contribution in [1.82, 2.24) is 29.7 Å². The fourth-order valence-electron chi connectivity index (χ4n) is 3.66. The van der Waals surface area contributed by atoms with Crippen molar-refractivity contribution >= 4 is 29.5 Å². The molecule has 0 aliphatic rings. The number of pyridine rings is 1. The maximum Gasteiger partial charge on any atom is 0.239 e. The Hall–Kier alpha value is -3.41. The van der Waals surface area contributed by atoms with Gasteiger partial charge in [0.05, 0.1) is 24.5 Å². The molecule has 2 atom stereocenters. The molecule has 1 aromatic carbocycles. The number of nitrogens with one attached hydrogen (secondary N) is 1. The summed E-state index contributed by atoms with van der Waals surface area (Å²) in [5, 5.41) is 9.28. The minimum atomic E-state index is -0.391. The molecule has 10 nitrogen and oxygen atoms in total. The lowest BCUT2D eigenvalue weighted by Crippen LogP contribution is -2.19. The number of nitrogens with zero attached hydrogens (tertiary/aromatic N) is 6. The van der Waals surface area contributed by atoms with Crippen LogP contribution in [0.2, 0.25) is 5.02 Å². The van der Waals surface area contributed by atoms with Gasteiger partial charge in [-0.15, -0.1) is 10.2 Å². The van der Waals surface area contributed by atoms with Crippen LogP contribution in [0.15, 0.2) is 49.1 Å².